The molecule has 0 aliphatic carbocycles. The number of aromatic nitrogens is 2. The normalized spacial score (nSPS) is 20.4. The van der Waals surface area contributed by atoms with E-state index in [-0.39, 0.29) is 46.2 Å². The van der Waals surface area contributed by atoms with Gasteiger partial charge in [0, 0.05) is 49.8 Å². The van der Waals surface area contributed by atoms with Gasteiger partial charge in [-0.05, 0) is 30.9 Å². The second-order valence-corrected chi connectivity index (χ2v) is 14.2. The van der Waals surface area contributed by atoms with Crippen molar-refractivity contribution in [3.05, 3.63) is 47.5 Å². The minimum absolute atomic E-state index is 0.0182. The van der Waals surface area contributed by atoms with Crippen LogP contribution in [0.25, 0.3) is 11.0 Å². The number of nitrogens with one attached hydrogen (secondary N) is 2. The van der Waals surface area contributed by atoms with E-state index in [0.717, 1.165) is 29.3 Å². The molecule has 49 heavy (non-hydrogen) atoms. The van der Waals surface area contributed by atoms with Gasteiger partial charge in [-0.15, -0.1) is 0 Å². The number of imidazole rings is 1. The van der Waals surface area contributed by atoms with Crippen LogP contribution in [0.1, 0.15) is 35.7 Å². The number of carbonyl (C=O) groups is 1. The zero-order chi connectivity index (χ0) is 35.7. The van der Waals surface area contributed by atoms with Crippen LogP contribution in [0.15, 0.2) is 35.5 Å². The number of carbonyl (C=O) groups excluding carboxylic acids is 1. The Morgan fingerprint density at radius 2 is 1.90 bits per heavy atom. The molecule has 0 saturated carbocycles. The third-order valence-electron chi connectivity index (χ3n) is 8.53. The first-order valence-corrected chi connectivity index (χ1v) is 17.2. The molecular formula is C32H35F6N5O5S. The van der Waals surface area contributed by atoms with Crippen LogP contribution in [0.5, 0.6) is 5.75 Å². The van der Waals surface area contributed by atoms with E-state index in [2.05, 4.69) is 27.5 Å². The Kier molecular flexibility index (Phi) is 10.4. The van der Waals surface area contributed by atoms with Crippen LogP contribution in [-0.4, -0.2) is 99.2 Å². The molecule has 1 amide bonds. The van der Waals surface area contributed by atoms with Gasteiger partial charge in [-0.25, -0.2) is 26.6 Å². The molecule has 2 saturated heterocycles. The summed E-state index contributed by atoms with van der Waals surface area (Å²) in [6.45, 7) is 0.750. The van der Waals surface area contributed by atoms with E-state index < -0.39 is 63.6 Å². The summed E-state index contributed by atoms with van der Waals surface area (Å²) in [7, 11) is -2.62. The van der Waals surface area contributed by atoms with E-state index in [1.807, 2.05) is 0 Å². The second kappa shape index (κ2) is 14.1. The molecule has 1 aromatic heterocycles. The van der Waals surface area contributed by atoms with Gasteiger partial charge in [-0.1, -0.05) is 18.8 Å². The number of halogens is 6. The van der Waals surface area contributed by atoms with Gasteiger partial charge < -0.3 is 24.7 Å². The number of rotatable bonds is 8. The molecule has 2 aromatic carbocycles. The molecule has 2 aliphatic rings. The molecule has 3 aromatic rings. The summed E-state index contributed by atoms with van der Waals surface area (Å²) in [4.78, 5) is 18.8. The van der Waals surface area contributed by atoms with Crippen molar-refractivity contribution in [3.8, 4) is 17.6 Å². The molecule has 0 spiro atoms. The number of hydrogen-bond acceptors (Lipinski definition) is 8. The van der Waals surface area contributed by atoms with Crippen LogP contribution in [0.2, 0.25) is 0 Å². The Hall–Kier alpha value is -4.01. The summed E-state index contributed by atoms with van der Waals surface area (Å²) in [5, 5.41) is 5.22. The van der Waals surface area contributed by atoms with Crippen molar-refractivity contribution >= 4 is 32.5 Å². The molecule has 2 atom stereocenters. The molecule has 2 fully saturated rings. The predicted molar refractivity (Wildman–Crippen MR) is 168 cm³/mol. The summed E-state index contributed by atoms with van der Waals surface area (Å²) in [5.74, 6) is -0.451. The fraction of sp³-hybridized carbons (Fsp3) is 0.500. The van der Waals surface area contributed by atoms with Crippen molar-refractivity contribution < 1.29 is 49.0 Å². The molecule has 3 heterocycles. The Balaban J connectivity index is 1.41. The summed E-state index contributed by atoms with van der Waals surface area (Å²) in [6.07, 6.45) is -1.61. The zero-order valence-electron chi connectivity index (χ0n) is 26.8. The summed E-state index contributed by atoms with van der Waals surface area (Å²) < 4.78 is 121. The number of anilines is 1. The average Bonchev–Trinajstić information content (AvgIpc) is 3.41. The quantitative estimate of drug-likeness (QED) is 0.260. The van der Waals surface area contributed by atoms with E-state index in [4.69, 9.17) is 9.47 Å². The Morgan fingerprint density at radius 3 is 2.53 bits per heavy atom. The monoisotopic (exact) mass is 715 g/mol. The van der Waals surface area contributed by atoms with Gasteiger partial charge in [-0.3, -0.25) is 9.69 Å². The fourth-order valence-corrected chi connectivity index (χ4v) is 6.99. The molecule has 17 heteroatoms. The number of sulfone groups is 1. The first-order valence-electron chi connectivity index (χ1n) is 15.3. The molecule has 0 unspecified atom stereocenters. The van der Waals surface area contributed by atoms with Crippen molar-refractivity contribution in [2.24, 2.45) is 5.92 Å². The lowest BCUT2D eigenvalue weighted by atomic mass is 9.88. The van der Waals surface area contributed by atoms with Crippen molar-refractivity contribution in [3.63, 3.8) is 0 Å². The van der Waals surface area contributed by atoms with Crippen molar-refractivity contribution in [1.29, 1.82) is 0 Å². The van der Waals surface area contributed by atoms with Gasteiger partial charge in [0.25, 0.3) is 11.8 Å². The van der Waals surface area contributed by atoms with Crippen LogP contribution >= 0.6 is 0 Å². The molecule has 2 aliphatic heterocycles. The highest BCUT2D eigenvalue weighted by atomic mass is 32.2. The van der Waals surface area contributed by atoms with Gasteiger partial charge in [-0.2, -0.15) is 13.2 Å². The van der Waals surface area contributed by atoms with Crippen LogP contribution in [0, 0.1) is 23.6 Å². The van der Waals surface area contributed by atoms with Gasteiger partial charge in [0.05, 0.1) is 49.3 Å². The molecule has 0 bridgehead atoms. The summed E-state index contributed by atoms with van der Waals surface area (Å²) in [6, 6.07) is 2.88. The first kappa shape index (κ1) is 36.3. The molecule has 2 N–H and O–H groups in total. The number of benzene rings is 2. The minimum atomic E-state index is -4.63. The predicted octanol–water partition coefficient (Wildman–Crippen LogP) is 4.48. The lowest BCUT2D eigenvalue weighted by molar-refractivity contribution is -0.140. The topological polar surface area (TPSA) is 115 Å². The first-order chi connectivity index (χ1) is 23.0. The number of methoxy groups -OCH3 is 1. The summed E-state index contributed by atoms with van der Waals surface area (Å²) >= 11 is 0. The van der Waals surface area contributed by atoms with Gasteiger partial charge in [0.2, 0.25) is 0 Å². The third kappa shape index (κ3) is 8.42. The van der Waals surface area contributed by atoms with E-state index in [1.165, 1.54) is 19.2 Å². The number of likely N-dealkylation sites (tertiary alicyclic amines) is 1. The van der Waals surface area contributed by atoms with E-state index in [0.29, 0.717) is 32.6 Å². The van der Waals surface area contributed by atoms with E-state index >= 15 is 8.78 Å². The number of fused-ring (bicyclic) bond motifs is 1. The highest BCUT2D eigenvalue weighted by Gasteiger charge is 2.50. The van der Waals surface area contributed by atoms with E-state index in [1.54, 1.807) is 11.8 Å². The van der Waals surface area contributed by atoms with Crippen molar-refractivity contribution in [2.75, 3.05) is 51.5 Å². The number of hydrogen-bond donors (Lipinski definition) is 2. The standard InChI is InChI=1S/C32H35F6N5O5S/c1-19-15-42(21-6-9-48-10-7-21)16-31(34,35)29(19)41-30(44)22-11-20(12-25-28(22)40-18-43(25)17-32(36,37)38)5-4-8-39-24-13-23(33)27(49(3,45)46)14-26(24)47-2/h11-14,18-19,21,29,39H,6-10,15-17H2,1-3H3,(H,41,44)/t19-,29+/m0/s1. The van der Waals surface area contributed by atoms with Gasteiger partial charge in [0.15, 0.2) is 9.84 Å². The number of alkyl halides is 5. The van der Waals surface area contributed by atoms with Crippen LogP contribution in [0.4, 0.5) is 32.0 Å². The fourth-order valence-electron chi connectivity index (χ4n) is 6.26. The maximum atomic E-state index is 15.6. The molecule has 266 valence electrons. The third-order valence-corrected chi connectivity index (χ3v) is 9.64. The smallest absolute Gasteiger partial charge is 0.406 e. The zero-order valence-corrected chi connectivity index (χ0v) is 27.7. The number of piperidine rings is 1. The summed E-state index contributed by atoms with van der Waals surface area (Å²) in [5.41, 5.74) is -0.268. The van der Waals surface area contributed by atoms with Crippen LogP contribution in [-0.2, 0) is 21.1 Å². The maximum Gasteiger partial charge on any atom is 0.406 e. The lowest BCUT2D eigenvalue weighted by Crippen LogP contribution is -2.64. The Labute approximate surface area is 279 Å². The SMILES string of the molecule is COc1cc(S(C)(=O)=O)c(F)cc1NCC#Cc1cc(C(=O)N[C@@H]2[C@@H](C)CN(C3CCOCC3)CC2(F)F)c2ncn(CC(F)(F)F)c2c1. The Bertz CT molecular complexity index is 1880. The van der Waals surface area contributed by atoms with Crippen LogP contribution < -0.4 is 15.4 Å². The molecular weight excluding hydrogens is 680 g/mol. The highest BCUT2D eigenvalue weighted by molar-refractivity contribution is 7.90. The van der Waals surface area contributed by atoms with E-state index in [9.17, 15) is 30.8 Å². The maximum absolute atomic E-state index is 15.6. The average molecular weight is 716 g/mol. The van der Waals surface area contributed by atoms with Crippen LogP contribution in [0.3, 0.4) is 0 Å². The second-order valence-electron chi connectivity index (χ2n) is 12.3. The number of ether oxygens (including phenoxy) is 2. The largest absolute Gasteiger partial charge is 0.495 e. The molecule has 0 radical (unpaired) electrons. The Morgan fingerprint density at radius 1 is 1.18 bits per heavy atom. The highest BCUT2D eigenvalue weighted by Crippen LogP contribution is 2.35. The number of amides is 1. The molecule has 5 rings (SSSR count). The molecule has 10 nitrogen and oxygen atoms in total. The van der Waals surface area contributed by atoms with Crippen molar-refractivity contribution in [2.45, 2.75) is 55.4 Å². The van der Waals surface area contributed by atoms with Crippen molar-refractivity contribution in [1.82, 2.24) is 19.8 Å². The van der Waals surface area contributed by atoms with Gasteiger partial charge >= 0.3 is 6.18 Å². The lowest BCUT2D eigenvalue weighted by Gasteiger charge is -2.46. The van der Waals surface area contributed by atoms with Gasteiger partial charge in [0.1, 0.15) is 28.5 Å². The number of nitrogens with zero attached hydrogens (tertiary/aromatic N) is 3. The minimum Gasteiger partial charge on any atom is -0.495 e.